The maximum Gasteiger partial charge on any atom is 0.417 e. The van der Waals surface area contributed by atoms with Gasteiger partial charge in [-0.05, 0) is 37.4 Å². The molecule has 1 atom stereocenters. The van der Waals surface area contributed by atoms with Crippen molar-refractivity contribution in [2.24, 2.45) is 10.2 Å². The third kappa shape index (κ3) is 4.69. The average Bonchev–Trinajstić information content (AvgIpc) is 3.27. The number of rotatable bonds is 4. The van der Waals surface area contributed by atoms with E-state index in [4.69, 9.17) is 12.2 Å². The topological polar surface area (TPSA) is 95.9 Å². The Morgan fingerprint density at radius 3 is 2.71 bits per heavy atom. The van der Waals surface area contributed by atoms with Gasteiger partial charge in [-0.3, -0.25) is 4.90 Å². The highest BCUT2D eigenvalue weighted by molar-refractivity contribution is 7.71. The van der Waals surface area contributed by atoms with E-state index in [1.807, 2.05) is 11.8 Å². The highest BCUT2D eigenvalue weighted by Crippen LogP contribution is 2.30. The molecule has 2 aromatic rings. The molecule has 2 aliphatic heterocycles. The number of alkyl halides is 3. The summed E-state index contributed by atoms with van der Waals surface area (Å²) in [6.07, 6.45) is -0.165. The molecule has 3 N–H and O–H groups in total. The number of imidazole rings is 1. The normalized spacial score (nSPS) is 21.2. The first-order valence-corrected chi connectivity index (χ1v) is 9.97. The van der Waals surface area contributed by atoms with Crippen LogP contribution in [0.5, 0.6) is 5.88 Å². The molecule has 0 saturated carbocycles. The van der Waals surface area contributed by atoms with Crippen LogP contribution < -0.4 is 4.90 Å². The van der Waals surface area contributed by atoms with Crippen molar-refractivity contribution in [1.29, 1.82) is 0 Å². The van der Waals surface area contributed by atoms with Crippen LogP contribution in [0.25, 0.3) is 6.08 Å². The Labute approximate surface area is 180 Å². The number of aromatic hydroxyl groups is 1. The summed E-state index contributed by atoms with van der Waals surface area (Å²) < 4.78 is 38.6. The Bertz CT molecular complexity index is 1100. The van der Waals surface area contributed by atoms with E-state index < -0.39 is 11.7 Å². The molecule has 0 radical (unpaired) electrons. The zero-order chi connectivity index (χ0) is 22.2. The second-order valence-corrected chi connectivity index (χ2v) is 7.83. The van der Waals surface area contributed by atoms with E-state index >= 15 is 0 Å². The van der Waals surface area contributed by atoms with Crippen molar-refractivity contribution in [3.8, 4) is 5.88 Å². The standard InChI is InChI=1S/C19H20F3N7OS/c1-11-9-28(4-5-29(11)16-3-2-13(8-23-16)19(20,21)22)10-12-7-24-27-14(12)6-15-17(30)26-18(31)25-15/h2-3,6-8,11,30H,4-5,9-10H2,1H3,(H2,25,26,31). The number of anilines is 1. The molecule has 0 aliphatic carbocycles. The van der Waals surface area contributed by atoms with Crippen molar-refractivity contribution in [2.75, 3.05) is 31.1 Å². The average molecular weight is 451 g/mol. The van der Waals surface area contributed by atoms with Gasteiger partial charge in [-0.15, -0.1) is 0 Å². The monoisotopic (exact) mass is 451 g/mol. The van der Waals surface area contributed by atoms with Gasteiger partial charge in [0, 0.05) is 44.0 Å². The molecule has 0 bridgehead atoms. The highest BCUT2D eigenvalue weighted by atomic mass is 32.1. The van der Waals surface area contributed by atoms with E-state index in [-0.39, 0.29) is 11.9 Å². The molecule has 12 heteroatoms. The van der Waals surface area contributed by atoms with Gasteiger partial charge >= 0.3 is 6.18 Å². The molecule has 1 fully saturated rings. The van der Waals surface area contributed by atoms with Crippen LogP contribution in [0.1, 0.15) is 18.2 Å². The number of aromatic nitrogens is 3. The first kappa shape index (κ1) is 21.2. The Hall–Kier alpha value is -2.99. The second kappa shape index (κ2) is 8.27. The lowest BCUT2D eigenvalue weighted by molar-refractivity contribution is -0.137. The maximum absolute atomic E-state index is 12.8. The number of aromatic amines is 2. The summed E-state index contributed by atoms with van der Waals surface area (Å²) in [6.45, 7) is 4.65. The molecular formula is C19H20F3N7OS. The maximum atomic E-state index is 12.8. The molecule has 8 nitrogen and oxygen atoms in total. The van der Waals surface area contributed by atoms with Crippen molar-refractivity contribution in [1.82, 2.24) is 19.9 Å². The van der Waals surface area contributed by atoms with E-state index in [1.165, 1.54) is 6.07 Å². The van der Waals surface area contributed by atoms with Crippen molar-refractivity contribution >= 4 is 24.1 Å². The summed E-state index contributed by atoms with van der Waals surface area (Å²) in [5, 5.41) is 18.0. The lowest BCUT2D eigenvalue weighted by atomic mass is 10.1. The Morgan fingerprint density at radius 1 is 1.29 bits per heavy atom. The zero-order valence-electron chi connectivity index (χ0n) is 16.5. The number of hydrogen-bond donors (Lipinski definition) is 3. The van der Waals surface area contributed by atoms with Gasteiger partial charge in [0.2, 0.25) is 5.88 Å². The summed E-state index contributed by atoms with van der Waals surface area (Å²) in [5.74, 6) is 0.467. The number of pyridine rings is 1. The number of hydrogen-bond acceptors (Lipinski definition) is 7. The van der Waals surface area contributed by atoms with Gasteiger partial charge in [0.05, 0.1) is 17.5 Å². The zero-order valence-corrected chi connectivity index (χ0v) is 17.3. The molecule has 0 aromatic carbocycles. The van der Waals surface area contributed by atoms with Crippen LogP contribution in [-0.2, 0) is 6.18 Å². The fourth-order valence-corrected chi connectivity index (χ4v) is 3.85. The third-order valence-electron chi connectivity index (χ3n) is 5.20. The Morgan fingerprint density at radius 2 is 2.10 bits per heavy atom. The lowest BCUT2D eigenvalue weighted by Crippen LogP contribution is -2.52. The van der Waals surface area contributed by atoms with Crippen LogP contribution in [0, 0.1) is 4.77 Å². The van der Waals surface area contributed by atoms with E-state index in [0.29, 0.717) is 48.2 Å². The van der Waals surface area contributed by atoms with Gasteiger partial charge in [0.1, 0.15) is 11.5 Å². The first-order chi connectivity index (χ1) is 14.7. The molecule has 2 aromatic heterocycles. The fraction of sp³-hybridized carbons (Fsp3) is 0.368. The van der Waals surface area contributed by atoms with Crippen LogP contribution >= 0.6 is 12.2 Å². The largest absolute Gasteiger partial charge is 0.493 e. The summed E-state index contributed by atoms with van der Waals surface area (Å²) >= 11 is 4.97. The molecule has 0 amide bonds. The van der Waals surface area contributed by atoms with Crippen LogP contribution in [0.4, 0.5) is 19.0 Å². The molecule has 1 saturated heterocycles. The minimum Gasteiger partial charge on any atom is -0.493 e. The van der Waals surface area contributed by atoms with Gasteiger partial charge < -0.3 is 20.0 Å². The minimum atomic E-state index is -4.39. The first-order valence-electron chi connectivity index (χ1n) is 9.56. The third-order valence-corrected chi connectivity index (χ3v) is 5.40. The minimum absolute atomic E-state index is 0.0612. The SMILES string of the molecule is CC1CN(CC2=CN=NC2=Cc2[nH]c(=S)[nH]c2O)CCN1c1ccc(C(F)(F)F)cn1. The van der Waals surface area contributed by atoms with Crippen molar-refractivity contribution in [3.05, 3.63) is 51.8 Å². The number of nitrogens with one attached hydrogen (secondary N) is 2. The quantitative estimate of drug-likeness (QED) is 0.609. The van der Waals surface area contributed by atoms with Gasteiger partial charge in [0.15, 0.2) is 4.77 Å². The molecule has 164 valence electrons. The summed E-state index contributed by atoms with van der Waals surface area (Å²) in [5.41, 5.74) is 1.20. The number of H-pyrrole nitrogens is 2. The highest BCUT2D eigenvalue weighted by Gasteiger charge is 2.32. The predicted octanol–water partition coefficient (Wildman–Crippen LogP) is 4.09. The van der Waals surface area contributed by atoms with E-state index in [1.54, 1.807) is 12.3 Å². The Kier molecular flexibility index (Phi) is 5.67. The van der Waals surface area contributed by atoms with Crippen LogP contribution in [0.2, 0.25) is 0 Å². The Balaban J connectivity index is 1.40. The molecule has 4 rings (SSSR count). The van der Waals surface area contributed by atoms with E-state index in [2.05, 4.69) is 30.1 Å². The van der Waals surface area contributed by atoms with E-state index in [9.17, 15) is 18.3 Å². The summed E-state index contributed by atoms with van der Waals surface area (Å²) in [4.78, 5) is 13.7. The smallest absolute Gasteiger partial charge is 0.417 e. The van der Waals surface area contributed by atoms with Crippen molar-refractivity contribution in [2.45, 2.75) is 19.1 Å². The number of halogens is 3. The lowest BCUT2D eigenvalue weighted by Gasteiger charge is -2.40. The predicted molar refractivity (Wildman–Crippen MR) is 111 cm³/mol. The van der Waals surface area contributed by atoms with Gasteiger partial charge in [-0.1, -0.05) is 0 Å². The number of piperazine rings is 1. The molecule has 2 aliphatic rings. The molecule has 1 unspecified atom stereocenters. The number of nitrogens with zero attached hydrogens (tertiary/aromatic N) is 5. The second-order valence-electron chi connectivity index (χ2n) is 7.42. The molecular weight excluding hydrogens is 431 g/mol. The van der Waals surface area contributed by atoms with E-state index in [0.717, 1.165) is 17.8 Å². The van der Waals surface area contributed by atoms with Crippen LogP contribution in [-0.4, -0.2) is 57.2 Å². The van der Waals surface area contributed by atoms with Gasteiger partial charge in [0.25, 0.3) is 0 Å². The summed E-state index contributed by atoms with van der Waals surface area (Å²) in [7, 11) is 0. The van der Waals surface area contributed by atoms with Crippen molar-refractivity contribution in [3.63, 3.8) is 0 Å². The fourth-order valence-electron chi connectivity index (χ4n) is 3.64. The summed E-state index contributed by atoms with van der Waals surface area (Å²) in [6, 6.07) is 2.54. The van der Waals surface area contributed by atoms with Gasteiger partial charge in [-0.2, -0.15) is 23.4 Å². The van der Waals surface area contributed by atoms with Gasteiger partial charge in [-0.25, -0.2) is 4.98 Å². The molecule has 4 heterocycles. The van der Waals surface area contributed by atoms with Crippen molar-refractivity contribution < 1.29 is 18.3 Å². The molecule has 31 heavy (non-hydrogen) atoms. The number of azo groups is 1. The van der Waals surface area contributed by atoms with Crippen LogP contribution in [0.3, 0.4) is 0 Å². The molecule has 0 spiro atoms. The van der Waals surface area contributed by atoms with Crippen LogP contribution in [0.15, 0.2) is 46.0 Å².